The quantitative estimate of drug-likeness (QED) is 0.796. The molecule has 124 valence electrons. The Kier molecular flexibility index (Phi) is 4.52. The molecule has 1 unspecified atom stereocenters. The summed E-state index contributed by atoms with van der Waals surface area (Å²) in [6.07, 6.45) is 3.85. The third-order valence-corrected chi connectivity index (χ3v) is 4.45. The number of ether oxygens (including phenoxy) is 1. The number of carboxylic acid groups (broad SMARTS) is 1. The molecule has 0 saturated heterocycles. The molecule has 0 radical (unpaired) electrons. The Morgan fingerprint density at radius 2 is 2.30 bits per heavy atom. The van der Waals surface area contributed by atoms with Gasteiger partial charge in [-0.3, -0.25) is 9.58 Å². The Hall–Kier alpha value is -2.08. The van der Waals surface area contributed by atoms with Gasteiger partial charge in [-0.1, -0.05) is 12.1 Å². The Labute approximate surface area is 135 Å². The standard InChI is InChI=1S/C17H23N3O3/c1-12(20(17(21)22)15-6-7-15)13-4-5-14-11-18-19(16(14)10-13)8-3-9-23-2/h4-5,10-12,15H,3,6-9H2,1-2H3,(H,21,22). The zero-order valence-corrected chi connectivity index (χ0v) is 13.6. The fourth-order valence-electron chi connectivity index (χ4n) is 3.04. The lowest BCUT2D eigenvalue weighted by Crippen LogP contribution is -2.34. The molecule has 1 aromatic carbocycles. The van der Waals surface area contributed by atoms with Gasteiger partial charge in [0.15, 0.2) is 0 Å². The number of methoxy groups -OCH3 is 1. The normalized spacial score (nSPS) is 15.7. The van der Waals surface area contributed by atoms with Crippen LogP contribution in [0.15, 0.2) is 24.4 Å². The number of hydrogen-bond donors (Lipinski definition) is 1. The second-order valence-electron chi connectivity index (χ2n) is 6.13. The van der Waals surface area contributed by atoms with E-state index in [1.165, 1.54) is 0 Å². The van der Waals surface area contributed by atoms with Crippen molar-refractivity contribution in [2.24, 2.45) is 0 Å². The molecule has 1 aromatic heterocycles. The number of amides is 1. The SMILES string of the molecule is COCCCn1ncc2ccc(C(C)N(C(=O)O)C3CC3)cc21. The first kappa shape index (κ1) is 15.8. The monoisotopic (exact) mass is 317 g/mol. The van der Waals surface area contributed by atoms with Crippen molar-refractivity contribution in [2.45, 2.75) is 44.8 Å². The molecule has 1 amide bonds. The van der Waals surface area contributed by atoms with Crippen LogP contribution in [-0.4, -0.2) is 45.6 Å². The Morgan fingerprint density at radius 3 is 2.96 bits per heavy atom. The van der Waals surface area contributed by atoms with Gasteiger partial charge in [-0.2, -0.15) is 5.10 Å². The smallest absolute Gasteiger partial charge is 0.408 e. The predicted molar refractivity (Wildman–Crippen MR) is 87.5 cm³/mol. The molecule has 0 spiro atoms. The van der Waals surface area contributed by atoms with Gasteiger partial charge < -0.3 is 9.84 Å². The van der Waals surface area contributed by atoms with E-state index in [1.807, 2.05) is 29.9 Å². The number of carbonyl (C=O) groups is 1. The highest BCUT2D eigenvalue weighted by molar-refractivity contribution is 5.79. The summed E-state index contributed by atoms with van der Waals surface area (Å²) in [6, 6.07) is 6.12. The summed E-state index contributed by atoms with van der Waals surface area (Å²) in [5.74, 6) is 0. The molecule has 1 heterocycles. The molecule has 3 rings (SSSR count). The molecule has 1 saturated carbocycles. The summed E-state index contributed by atoms with van der Waals surface area (Å²) in [7, 11) is 1.69. The van der Waals surface area contributed by atoms with Crippen molar-refractivity contribution in [2.75, 3.05) is 13.7 Å². The van der Waals surface area contributed by atoms with Crippen LogP contribution in [0, 0.1) is 0 Å². The Morgan fingerprint density at radius 1 is 1.52 bits per heavy atom. The van der Waals surface area contributed by atoms with Crippen LogP contribution in [0.1, 0.15) is 37.8 Å². The van der Waals surface area contributed by atoms with Gasteiger partial charge in [0.2, 0.25) is 0 Å². The lowest BCUT2D eigenvalue weighted by Gasteiger charge is -2.26. The number of rotatable bonds is 7. The highest BCUT2D eigenvalue weighted by atomic mass is 16.5. The van der Waals surface area contributed by atoms with Gasteiger partial charge in [0.05, 0.1) is 17.8 Å². The van der Waals surface area contributed by atoms with Crippen LogP contribution < -0.4 is 0 Å². The molecule has 1 aliphatic rings. The third-order valence-electron chi connectivity index (χ3n) is 4.45. The topological polar surface area (TPSA) is 67.6 Å². The first-order valence-corrected chi connectivity index (χ1v) is 8.07. The molecule has 1 atom stereocenters. The largest absolute Gasteiger partial charge is 0.465 e. The maximum absolute atomic E-state index is 11.5. The van der Waals surface area contributed by atoms with Crippen LogP contribution in [0.25, 0.3) is 10.9 Å². The lowest BCUT2D eigenvalue weighted by atomic mass is 10.1. The fourth-order valence-corrected chi connectivity index (χ4v) is 3.04. The molecular weight excluding hydrogens is 294 g/mol. The van der Waals surface area contributed by atoms with Crippen LogP contribution in [0.3, 0.4) is 0 Å². The van der Waals surface area contributed by atoms with Gasteiger partial charge in [0.1, 0.15) is 0 Å². The van der Waals surface area contributed by atoms with Gasteiger partial charge in [-0.05, 0) is 37.8 Å². The first-order chi connectivity index (χ1) is 11.1. The van der Waals surface area contributed by atoms with Crippen molar-refractivity contribution in [3.63, 3.8) is 0 Å². The second kappa shape index (κ2) is 6.58. The molecule has 6 heteroatoms. The average Bonchev–Trinajstić information content (AvgIpc) is 3.27. The minimum absolute atomic E-state index is 0.147. The van der Waals surface area contributed by atoms with E-state index in [-0.39, 0.29) is 12.1 Å². The Balaban J connectivity index is 1.85. The number of aryl methyl sites for hydroxylation is 1. The van der Waals surface area contributed by atoms with Crippen molar-refractivity contribution in [3.05, 3.63) is 30.0 Å². The molecular formula is C17H23N3O3. The Bertz CT molecular complexity index is 693. The summed E-state index contributed by atoms with van der Waals surface area (Å²) in [6.45, 7) is 3.45. The highest BCUT2D eigenvalue weighted by Crippen LogP contribution is 2.35. The number of aromatic nitrogens is 2. The number of hydrogen-bond acceptors (Lipinski definition) is 3. The van der Waals surface area contributed by atoms with E-state index in [1.54, 1.807) is 12.0 Å². The molecule has 6 nitrogen and oxygen atoms in total. The maximum Gasteiger partial charge on any atom is 0.408 e. The van der Waals surface area contributed by atoms with Gasteiger partial charge in [0.25, 0.3) is 0 Å². The minimum Gasteiger partial charge on any atom is -0.465 e. The van der Waals surface area contributed by atoms with Gasteiger partial charge in [-0.15, -0.1) is 0 Å². The van der Waals surface area contributed by atoms with Crippen molar-refractivity contribution in [1.29, 1.82) is 0 Å². The summed E-state index contributed by atoms with van der Waals surface area (Å²) in [5.41, 5.74) is 2.06. The van der Waals surface area contributed by atoms with Crippen molar-refractivity contribution < 1.29 is 14.6 Å². The average molecular weight is 317 g/mol. The van der Waals surface area contributed by atoms with Crippen LogP contribution >= 0.6 is 0 Å². The minimum atomic E-state index is -0.839. The molecule has 1 aliphatic carbocycles. The second-order valence-corrected chi connectivity index (χ2v) is 6.13. The zero-order chi connectivity index (χ0) is 16.4. The number of benzene rings is 1. The lowest BCUT2D eigenvalue weighted by molar-refractivity contribution is 0.124. The van der Waals surface area contributed by atoms with E-state index in [2.05, 4.69) is 11.2 Å². The summed E-state index contributed by atoms with van der Waals surface area (Å²) in [4.78, 5) is 13.1. The first-order valence-electron chi connectivity index (χ1n) is 8.07. The van der Waals surface area contributed by atoms with E-state index in [0.717, 1.165) is 42.3 Å². The van der Waals surface area contributed by atoms with Crippen LogP contribution in [0.5, 0.6) is 0 Å². The third kappa shape index (κ3) is 3.32. The van der Waals surface area contributed by atoms with E-state index >= 15 is 0 Å². The highest BCUT2D eigenvalue weighted by Gasteiger charge is 2.36. The number of nitrogens with zero attached hydrogens (tertiary/aromatic N) is 3. The molecule has 0 aliphatic heterocycles. The van der Waals surface area contributed by atoms with Gasteiger partial charge in [0, 0.05) is 31.7 Å². The van der Waals surface area contributed by atoms with Crippen molar-refractivity contribution >= 4 is 17.0 Å². The van der Waals surface area contributed by atoms with Crippen LogP contribution in [-0.2, 0) is 11.3 Å². The summed E-state index contributed by atoms with van der Waals surface area (Å²) >= 11 is 0. The van der Waals surface area contributed by atoms with Crippen molar-refractivity contribution in [3.8, 4) is 0 Å². The fraction of sp³-hybridized carbons (Fsp3) is 0.529. The molecule has 1 N–H and O–H groups in total. The van der Waals surface area contributed by atoms with Gasteiger partial charge in [-0.25, -0.2) is 4.79 Å². The molecule has 23 heavy (non-hydrogen) atoms. The predicted octanol–water partition coefficient (Wildman–Crippen LogP) is 3.28. The van der Waals surface area contributed by atoms with Crippen molar-refractivity contribution in [1.82, 2.24) is 14.7 Å². The van der Waals surface area contributed by atoms with E-state index < -0.39 is 6.09 Å². The van der Waals surface area contributed by atoms with Crippen LogP contribution in [0.2, 0.25) is 0 Å². The molecule has 0 bridgehead atoms. The molecule has 2 aromatic rings. The number of fused-ring (bicyclic) bond motifs is 1. The maximum atomic E-state index is 11.5. The summed E-state index contributed by atoms with van der Waals surface area (Å²) in [5, 5.41) is 15.0. The van der Waals surface area contributed by atoms with Gasteiger partial charge >= 0.3 is 6.09 Å². The van der Waals surface area contributed by atoms with E-state index in [4.69, 9.17) is 4.74 Å². The summed E-state index contributed by atoms with van der Waals surface area (Å²) < 4.78 is 7.06. The van der Waals surface area contributed by atoms with E-state index in [0.29, 0.717) is 6.61 Å². The zero-order valence-electron chi connectivity index (χ0n) is 13.6. The molecule has 1 fully saturated rings. The van der Waals surface area contributed by atoms with E-state index in [9.17, 15) is 9.90 Å². The van der Waals surface area contributed by atoms with Crippen LogP contribution in [0.4, 0.5) is 4.79 Å².